The molecule has 1 aliphatic heterocycles. The fraction of sp³-hybridized carbons (Fsp3) is 0.429. The van der Waals surface area contributed by atoms with Crippen LogP contribution in [0.15, 0.2) is 36.5 Å². The average molecular weight is 369 g/mol. The number of morpholine rings is 1. The topological polar surface area (TPSA) is 54.9 Å². The Kier molecular flexibility index (Phi) is 6.29. The van der Waals surface area contributed by atoms with Gasteiger partial charge in [-0.1, -0.05) is 6.07 Å². The molecule has 1 saturated heterocycles. The highest BCUT2D eigenvalue weighted by atomic mass is 16.5. The molecule has 1 aromatic carbocycles. The smallest absolute Gasteiger partial charge is 0.255 e. The van der Waals surface area contributed by atoms with Gasteiger partial charge < -0.3 is 19.3 Å². The van der Waals surface area contributed by atoms with E-state index >= 15 is 0 Å². The highest BCUT2D eigenvalue weighted by molar-refractivity contribution is 5.93. The predicted molar refractivity (Wildman–Crippen MR) is 106 cm³/mol. The molecule has 3 rings (SSSR count). The number of amides is 1. The lowest BCUT2D eigenvalue weighted by Gasteiger charge is -2.27. The minimum absolute atomic E-state index is 0.0555. The normalized spacial score (nSPS) is 14.1. The number of carbonyl (C=O) groups excluding carboxylic acids is 1. The predicted octanol–water partition coefficient (Wildman–Crippen LogP) is 2.69. The van der Waals surface area contributed by atoms with Crippen molar-refractivity contribution in [3.05, 3.63) is 53.2 Å². The summed E-state index contributed by atoms with van der Waals surface area (Å²) >= 11 is 0. The first-order valence-corrected chi connectivity index (χ1v) is 9.28. The van der Waals surface area contributed by atoms with E-state index in [4.69, 9.17) is 9.47 Å². The lowest BCUT2D eigenvalue weighted by Crippen LogP contribution is -2.36. The van der Waals surface area contributed by atoms with Crippen molar-refractivity contribution < 1.29 is 14.3 Å². The maximum absolute atomic E-state index is 12.6. The molecule has 1 amide bonds. The van der Waals surface area contributed by atoms with Crippen molar-refractivity contribution in [3.63, 3.8) is 0 Å². The number of ether oxygens (including phenoxy) is 2. The van der Waals surface area contributed by atoms with E-state index in [1.165, 1.54) is 11.1 Å². The molecule has 1 aromatic heterocycles. The van der Waals surface area contributed by atoms with E-state index in [1.54, 1.807) is 18.1 Å². The lowest BCUT2D eigenvalue weighted by atomic mass is 10.1. The van der Waals surface area contributed by atoms with Gasteiger partial charge in [0.1, 0.15) is 18.2 Å². The van der Waals surface area contributed by atoms with E-state index in [9.17, 15) is 4.79 Å². The molecule has 2 aromatic rings. The second-order valence-corrected chi connectivity index (χ2v) is 6.90. The van der Waals surface area contributed by atoms with Gasteiger partial charge in [-0.3, -0.25) is 4.79 Å². The first-order valence-electron chi connectivity index (χ1n) is 9.28. The van der Waals surface area contributed by atoms with E-state index in [0.717, 1.165) is 24.7 Å². The summed E-state index contributed by atoms with van der Waals surface area (Å²) in [4.78, 5) is 20.9. The summed E-state index contributed by atoms with van der Waals surface area (Å²) in [5.41, 5.74) is 2.92. The monoisotopic (exact) mass is 369 g/mol. The summed E-state index contributed by atoms with van der Waals surface area (Å²) < 4.78 is 11.1. The van der Waals surface area contributed by atoms with Crippen molar-refractivity contribution in [1.82, 2.24) is 9.88 Å². The first-order chi connectivity index (χ1) is 13.0. The van der Waals surface area contributed by atoms with Crippen LogP contribution in [0.25, 0.3) is 0 Å². The Morgan fingerprint density at radius 3 is 2.52 bits per heavy atom. The Morgan fingerprint density at radius 1 is 1.19 bits per heavy atom. The molecule has 0 saturated carbocycles. The molecule has 1 fully saturated rings. The SMILES string of the molecule is Cc1cc(C)cc(OCCN(C)C(=O)c2ccc(N3CCOCC3)nc2)c1. The van der Waals surface area contributed by atoms with Crippen molar-refractivity contribution in [3.8, 4) is 5.75 Å². The Balaban J connectivity index is 1.52. The van der Waals surface area contributed by atoms with E-state index in [2.05, 4.69) is 16.0 Å². The number of likely N-dealkylation sites (N-methyl/N-ethyl adjacent to an activating group) is 1. The van der Waals surface area contributed by atoms with Crippen LogP contribution in [0.1, 0.15) is 21.5 Å². The fourth-order valence-electron chi connectivity index (χ4n) is 3.13. The molecule has 1 aliphatic rings. The maximum atomic E-state index is 12.6. The zero-order valence-corrected chi connectivity index (χ0v) is 16.3. The van der Waals surface area contributed by atoms with Crippen LogP contribution in [0, 0.1) is 13.8 Å². The van der Waals surface area contributed by atoms with Crippen LogP contribution in [0.4, 0.5) is 5.82 Å². The lowest BCUT2D eigenvalue weighted by molar-refractivity contribution is 0.0773. The van der Waals surface area contributed by atoms with Crippen LogP contribution in [-0.2, 0) is 4.74 Å². The molecule has 2 heterocycles. The minimum atomic E-state index is -0.0555. The van der Waals surface area contributed by atoms with Gasteiger partial charge in [0.25, 0.3) is 5.91 Å². The number of carbonyl (C=O) groups is 1. The van der Waals surface area contributed by atoms with Gasteiger partial charge in [0.05, 0.1) is 25.3 Å². The molecule has 0 atom stereocenters. The molecular weight excluding hydrogens is 342 g/mol. The fourth-order valence-corrected chi connectivity index (χ4v) is 3.13. The standard InChI is InChI=1S/C21H27N3O3/c1-16-12-17(2)14-19(13-16)27-11-6-23(3)21(25)18-4-5-20(22-15-18)24-7-9-26-10-8-24/h4-5,12-15H,6-11H2,1-3H3. The van der Waals surface area contributed by atoms with Gasteiger partial charge in [-0.15, -0.1) is 0 Å². The minimum Gasteiger partial charge on any atom is -0.492 e. The van der Waals surface area contributed by atoms with Crippen LogP contribution >= 0.6 is 0 Å². The summed E-state index contributed by atoms with van der Waals surface area (Å²) in [6.07, 6.45) is 1.65. The van der Waals surface area contributed by atoms with Gasteiger partial charge >= 0.3 is 0 Å². The van der Waals surface area contributed by atoms with Gasteiger partial charge in [0.15, 0.2) is 0 Å². The second-order valence-electron chi connectivity index (χ2n) is 6.90. The number of hydrogen-bond donors (Lipinski definition) is 0. The van der Waals surface area contributed by atoms with Crippen molar-refractivity contribution >= 4 is 11.7 Å². The van der Waals surface area contributed by atoms with Gasteiger partial charge in [0, 0.05) is 26.3 Å². The maximum Gasteiger partial charge on any atom is 0.255 e. The molecule has 0 aliphatic carbocycles. The van der Waals surface area contributed by atoms with Crippen LogP contribution in [0.5, 0.6) is 5.75 Å². The number of aromatic nitrogens is 1. The van der Waals surface area contributed by atoms with Gasteiger partial charge in [-0.2, -0.15) is 0 Å². The molecule has 6 heteroatoms. The van der Waals surface area contributed by atoms with Gasteiger partial charge in [-0.25, -0.2) is 4.98 Å². The van der Waals surface area contributed by atoms with Crippen LogP contribution in [0.2, 0.25) is 0 Å². The Labute approximate surface area is 160 Å². The van der Waals surface area contributed by atoms with Gasteiger partial charge in [0.2, 0.25) is 0 Å². The number of benzene rings is 1. The number of anilines is 1. The van der Waals surface area contributed by atoms with Gasteiger partial charge in [-0.05, 0) is 49.2 Å². The van der Waals surface area contributed by atoms with Crippen molar-refractivity contribution in [2.24, 2.45) is 0 Å². The zero-order valence-electron chi connectivity index (χ0n) is 16.3. The Bertz CT molecular complexity index is 750. The first kappa shape index (κ1) is 19.2. The van der Waals surface area contributed by atoms with Crippen LogP contribution in [-0.4, -0.2) is 62.3 Å². The summed E-state index contributed by atoms with van der Waals surface area (Å²) in [5.74, 6) is 1.67. The highest BCUT2D eigenvalue weighted by Gasteiger charge is 2.15. The number of pyridine rings is 1. The summed E-state index contributed by atoms with van der Waals surface area (Å²) in [5, 5.41) is 0. The number of rotatable bonds is 6. The van der Waals surface area contributed by atoms with E-state index in [1.807, 2.05) is 38.1 Å². The van der Waals surface area contributed by atoms with Crippen molar-refractivity contribution in [2.75, 3.05) is 51.4 Å². The summed E-state index contributed by atoms with van der Waals surface area (Å²) in [6, 6.07) is 9.85. The largest absolute Gasteiger partial charge is 0.492 e. The Morgan fingerprint density at radius 2 is 1.89 bits per heavy atom. The molecule has 0 radical (unpaired) electrons. The third-order valence-corrected chi connectivity index (χ3v) is 4.57. The molecule has 0 N–H and O–H groups in total. The molecule has 27 heavy (non-hydrogen) atoms. The quantitative estimate of drug-likeness (QED) is 0.784. The zero-order chi connectivity index (χ0) is 19.2. The number of hydrogen-bond acceptors (Lipinski definition) is 5. The average Bonchev–Trinajstić information content (AvgIpc) is 2.67. The van der Waals surface area contributed by atoms with E-state index in [0.29, 0.717) is 31.9 Å². The molecule has 0 spiro atoms. The number of nitrogens with zero attached hydrogens (tertiary/aromatic N) is 3. The third kappa shape index (κ3) is 5.20. The second kappa shape index (κ2) is 8.86. The number of aryl methyl sites for hydroxylation is 2. The van der Waals surface area contributed by atoms with Crippen molar-refractivity contribution in [2.45, 2.75) is 13.8 Å². The summed E-state index contributed by atoms with van der Waals surface area (Å²) in [7, 11) is 1.78. The van der Waals surface area contributed by atoms with Crippen molar-refractivity contribution in [1.29, 1.82) is 0 Å². The molecule has 0 bridgehead atoms. The summed E-state index contributed by atoms with van der Waals surface area (Å²) in [6.45, 7) is 8.14. The highest BCUT2D eigenvalue weighted by Crippen LogP contribution is 2.16. The molecular formula is C21H27N3O3. The molecule has 0 unspecified atom stereocenters. The van der Waals surface area contributed by atoms with E-state index < -0.39 is 0 Å². The Hall–Kier alpha value is -2.60. The van der Waals surface area contributed by atoms with Crippen LogP contribution in [0.3, 0.4) is 0 Å². The molecule has 144 valence electrons. The van der Waals surface area contributed by atoms with E-state index in [-0.39, 0.29) is 5.91 Å². The third-order valence-electron chi connectivity index (χ3n) is 4.57. The van der Waals surface area contributed by atoms with Crippen LogP contribution < -0.4 is 9.64 Å². The molecule has 6 nitrogen and oxygen atoms in total.